The van der Waals surface area contributed by atoms with Crippen molar-refractivity contribution in [2.45, 2.75) is 46.3 Å². The molecule has 1 aliphatic heterocycles. The van der Waals surface area contributed by atoms with E-state index in [1.165, 1.54) is 0 Å². The second-order valence-corrected chi connectivity index (χ2v) is 7.56. The lowest BCUT2D eigenvalue weighted by Gasteiger charge is -2.29. The maximum atomic E-state index is 13.5. The minimum Gasteiger partial charge on any atom is -0.459 e. The number of H-pyrrole nitrogens is 1. The summed E-state index contributed by atoms with van der Waals surface area (Å²) >= 11 is 0. The molecule has 154 valence electrons. The Morgan fingerprint density at radius 3 is 2.52 bits per heavy atom. The van der Waals surface area contributed by atoms with Gasteiger partial charge >= 0.3 is 5.97 Å². The summed E-state index contributed by atoms with van der Waals surface area (Å²) in [5, 5.41) is 2.83. The van der Waals surface area contributed by atoms with Gasteiger partial charge in [-0.15, -0.1) is 0 Å². The zero-order chi connectivity index (χ0) is 21.1. The molecule has 1 aliphatic rings. The summed E-state index contributed by atoms with van der Waals surface area (Å²) in [5.41, 5.74) is 2.80. The number of carbonyl (C=O) groups is 3. The third-order valence-electron chi connectivity index (χ3n) is 5.07. The number of aryl methyl sites for hydroxylation is 1. The number of nitrogens with one attached hydrogen (secondary N) is 2. The molecule has 29 heavy (non-hydrogen) atoms. The Bertz CT molecular complexity index is 918. The van der Waals surface area contributed by atoms with Crippen LogP contribution in [0.1, 0.15) is 64.0 Å². The molecule has 1 aromatic carbocycles. The van der Waals surface area contributed by atoms with Gasteiger partial charge in [-0.25, -0.2) is 4.79 Å². The first kappa shape index (κ1) is 20.6. The average molecular weight is 397 g/mol. The van der Waals surface area contributed by atoms with Crippen molar-refractivity contribution in [1.82, 2.24) is 15.2 Å². The molecule has 0 unspecified atom stereocenters. The second-order valence-electron chi connectivity index (χ2n) is 7.56. The minimum atomic E-state index is -0.447. The molecule has 2 N–H and O–H groups in total. The predicted molar refractivity (Wildman–Crippen MR) is 109 cm³/mol. The van der Waals surface area contributed by atoms with Crippen LogP contribution in [0, 0.1) is 13.8 Å². The Labute approximate surface area is 170 Å². The van der Waals surface area contributed by atoms with Crippen LogP contribution in [-0.2, 0) is 9.53 Å². The topological polar surface area (TPSA) is 91.5 Å². The van der Waals surface area contributed by atoms with E-state index in [0.717, 1.165) is 5.56 Å². The number of esters is 1. The number of nitrogens with zero attached hydrogens (tertiary/aromatic N) is 1. The van der Waals surface area contributed by atoms with E-state index in [2.05, 4.69) is 10.3 Å². The highest BCUT2D eigenvalue weighted by Gasteiger charge is 2.33. The molecule has 0 bridgehead atoms. The van der Waals surface area contributed by atoms with Crippen LogP contribution in [0.5, 0.6) is 0 Å². The van der Waals surface area contributed by atoms with Crippen molar-refractivity contribution in [3.63, 3.8) is 0 Å². The molecule has 3 rings (SSSR count). The normalized spacial score (nSPS) is 17.1. The van der Waals surface area contributed by atoms with Gasteiger partial charge in [-0.2, -0.15) is 0 Å². The molecule has 0 spiro atoms. The van der Waals surface area contributed by atoms with Crippen molar-refractivity contribution in [3.8, 4) is 0 Å². The van der Waals surface area contributed by atoms with Crippen molar-refractivity contribution in [1.29, 1.82) is 0 Å². The zero-order valence-electron chi connectivity index (χ0n) is 17.2. The van der Waals surface area contributed by atoms with Gasteiger partial charge in [0.2, 0.25) is 5.91 Å². The summed E-state index contributed by atoms with van der Waals surface area (Å²) in [6.45, 7) is 7.83. The number of carbonyl (C=O) groups excluding carboxylic acids is 3. The lowest BCUT2D eigenvalue weighted by atomic mass is 10.0. The molecule has 2 amide bonds. The van der Waals surface area contributed by atoms with Crippen LogP contribution >= 0.6 is 0 Å². The Hall–Kier alpha value is -3.09. The van der Waals surface area contributed by atoms with Crippen LogP contribution in [0.15, 0.2) is 30.3 Å². The van der Waals surface area contributed by atoms with Gasteiger partial charge in [0.05, 0.1) is 24.1 Å². The fourth-order valence-corrected chi connectivity index (χ4v) is 3.73. The van der Waals surface area contributed by atoms with Gasteiger partial charge in [-0.05, 0) is 38.8 Å². The van der Waals surface area contributed by atoms with Crippen molar-refractivity contribution in [2.24, 2.45) is 0 Å². The van der Waals surface area contributed by atoms with Gasteiger partial charge in [0.25, 0.3) is 5.91 Å². The second kappa shape index (κ2) is 8.51. The van der Waals surface area contributed by atoms with E-state index < -0.39 is 5.97 Å². The van der Waals surface area contributed by atoms with Gasteiger partial charge in [0, 0.05) is 18.8 Å². The molecule has 0 aliphatic carbocycles. The van der Waals surface area contributed by atoms with Crippen LogP contribution in [0.2, 0.25) is 0 Å². The highest BCUT2D eigenvalue weighted by molar-refractivity contribution is 6.01. The third-order valence-corrected chi connectivity index (χ3v) is 5.07. The number of ether oxygens (including phenoxy) is 1. The molecule has 2 aromatic rings. The number of hydrogen-bond acceptors (Lipinski definition) is 4. The van der Waals surface area contributed by atoms with Gasteiger partial charge in [0.1, 0.15) is 5.69 Å². The summed E-state index contributed by atoms with van der Waals surface area (Å²) in [7, 11) is 0. The molecule has 1 aromatic heterocycles. The number of aromatic nitrogens is 1. The Morgan fingerprint density at radius 2 is 1.86 bits per heavy atom. The van der Waals surface area contributed by atoms with E-state index in [1.807, 2.05) is 30.3 Å². The zero-order valence-corrected chi connectivity index (χ0v) is 17.2. The summed E-state index contributed by atoms with van der Waals surface area (Å²) in [5.74, 6) is -0.771. The summed E-state index contributed by atoms with van der Waals surface area (Å²) in [4.78, 5) is 42.9. The molecule has 1 fully saturated rings. The van der Waals surface area contributed by atoms with E-state index in [1.54, 1.807) is 32.6 Å². The average Bonchev–Trinajstić information content (AvgIpc) is 2.84. The maximum absolute atomic E-state index is 13.5. The Kier molecular flexibility index (Phi) is 6.06. The fraction of sp³-hybridized carbons (Fsp3) is 0.409. The third kappa shape index (κ3) is 4.34. The van der Waals surface area contributed by atoms with Gasteiger partial charge in [-0.3, -0.25) is 9.59 Å². The Morgan fingerprint density at radius 1 is 1.17 bits per heavy atom. The van der Waals surface area contributed by atoms with Gasteiger partial charge in [-0.1, -0.05) is 30.3 Å². The van der Waals surface area contributed by atoms with E-state index >= 15 is 0 Å². The molecular formula is C22H27N3O4. The summed E-state index contributed by atoms with van der Waals surface area (Å²) in [6.07, 6.45) is -0.0583. The van der Waals surface area contributed by atoms with Crippen LogP contribution in [0.25, 0.3) is 0 Å². The lowest BCUT2D eigenvalue weighted by Crippen LogP contribution is -2.37. The van der Waals surface area contributed by atoms with Crippen LogP contribution in [0.3, 0.4) is 0 Å². The maximum Gasteiger partial charge on any atom is 0.340 e. The monoisotopic (exact) mass is 397 g/mol. The first-order valence-electron chi connectivity index (χ1n) is 9.82. The predicted octanol–water partition coefficient (Wildman–Crippen LogP) is 2.90. The molecule has 1 saturated heterocycles. The first-order chi connectivity index (χ1) is 13.8. The quantitative estimate of drug-likeness (QED) is 0.776. The first-order valence-corrected chi connectivity index (χ1v) is 9.82. The lowest BCUT2D eigenvalue weighted by molar-refractivity contribution is -0.121. The van der Waals surface area contributed by atoms with Gasteiger partial charge < -0.3 is 19.9 Å². The largest absolute Gasteiger partial charge is 0.459 e. The number of hydrogen-bond donors (Lipinski definition) is 2. The van der Waals surface area contributed by atoms with Crippen LogP contribution in [0.4, 0.5) is 0 Å². The minimum absolute atomic E-state index is 0.0882. The highest BCUT2D eigenvalue weighted by Crippen LogP contribution is 2.29. The molecule has 2 heterocycles. The van der Waals surface area contributed by atoms with E-state index in [9.17, 15) is 14.4 Å². The van der Waals surface area contributed by atoms with Crippen LogP contribution in [-0.4, -0.2) is 46.9 Å². The summed E-state index contributed by atoms with van der Waals surface area (Å²) in [6, 6.07) is 9.15. The fourth-order valence-electron chi connectivity index (χ4n) is 3.73. The van der Waals surface area contributed by atoms with Crippen molar-refractivity contribution < 1.29 is 19.1 Å². The van der Waals surface area contributed by atoms with Crippen molar-refractivity contribution in [2.75, 3.05) is 13.1 Å². The standard InChI is InChI=1S/C22H27N3O4/c1-13(2)29-22(28)19-14(3)20(24-15(19)4)21(27)25-11-10-23-18(26)12-17(25)16-8-6-5-7-9-16/h5-9,13,17,24H,10-12H2,1-4H3,(H,23,26)/t17-/m1/s1. The van der Waals surface area contributed by atoms with E-state index in [-0.39, 0.29) is 30.4 Å². The number of aromatic amines is 1. The molecule has 7 heteroatoms. The molecular weight excluding hydrogens is 370 g/mol. The van der Waals surface area contributed by atoms with Crippen LogP contribution < -0.4 is 5.32 Å². The van der Waals surface area contributed by atoms with Crippen molar-refractivity contribution in [3.05, 3.63) is 58.4 Å². The number of rotatable bonds is 4. The molecule has 0 radical (unpaired) electrons. The SMILES string of the molecule is Cc1[nH]c(C(=O)N2CCNC(=O)C[C@@H]2c2ccccc2)c(C)c1C(=O)OC(C)C. The van der Waals surface area contributed by atoms with E-state index in [4.69, 9.17) is 4.74 Å². The van der Waals surface area contributed by atoms with E-state index in [0.29, 0.717) is 35.6 Å². The smallest absolute Gasteiger partial charge is 0.340 e. The Balaban J connectivity index is 1.97. The van der Waals surface area contributed by atoms with Gasteiger partial charge in [0.15, 0.2) is 0 Å². The number of amides is 2. The molecule has 1 atom stereocenters. The van der Waals surface area contributed by atoms with Crippen molar-refractivity contribution >= 4 is 17.8 Å². The summed E-state index contributed by atoms with van der Waals surface area (Å²) < 4.78 is 5.32. The number of benzene rings is 1. The molecule has 7 nitrogen and oxygen atoms in total. The molecule has 0 saturated carbocycles. The highest BCUT2D eigenvalue weighted by atomic mass is 16.5.